The van der Waals surface area contributed by atoms with Crippen molar-refractivity contribution in [3.8, 4) is 0 Å². The van der Waals surface area contributed by atoms with Gasteiger partial charge in [0.15, 0.2) is 11.9 Å². The molecule has 4 atom stereocenters. The zero-order valence-corrected chi connectivity index (χ0v) is 21.6. The summed E-state index contributed by atoms with van der Waals surface area (Å²) in [6, 6.07) is 0. The average Bonchev–Trinajstić information content (AvgIpc) is 2.86. The van der Waals surface area contributed by atoms with Gasteiger partial charge >= 0.3 is 12.1 Å². The maximum Gasteiger partial charge on any atom is 0.407 e. The molecule has 0 unspecified atom stereocenters. The topological polar surface area (TPSA) is 170 Å². The van der Waals surface area contributed by atoms with Crippen molar-refractivity contribution in [3.05, 3.63) is 0 Å². The number of esters is 1. The van der Waals surface area contributed by atoms with Crippen LogP contribution in [0.15, 0.2) is 0 Å². The molecule has 13 nitrogen and oxygen atoms in total. The van der Waals surface area contributed by atoms with Gasteiger partial charge in [-0.1, -0.05) is 0 Å². The van der Waals surface area contributed by atoms with E-state index < -0.39 is 74.7 Å². The third-order valence-corrected chi connectivity index (χ3v) is 4.97. The summed E-state index contributed by atoms with van der Waals surface area (Å²) in [6.45, 7) is 8.25. The first kappa shape index (κ1) is 29.5. The molecule has 1 amide bonds. The Morgan fingerprint density at radius 3 is 2.09 bits per heavy atom. The molecule has 0 aromatic carbocycles. The van der Waals surface area contributed by atoms with Gasteiger partial charge in [-0.15, -0.1) is 0 Å². The van der Waals surface area contributed by atoms with E-state index in [2.05, 4.69) is 5.32 Å². The molecule has 0 radical (unpaired) electrons. The molecule has 1 N–H and O–H groups in total. The van der Waals surface area contributed by atoms with E-state index in [1.165, 1.54) is 0 Å². The van der Waals surface area contributed by atoms with E-state index >= 15 is 0 Å². The number of carbonyl (C=O) groups is 2. The van der Waals surface area contributed by atoms with Crippen molar-refractivity contribution in [2.45, 2.75) is 77.3 Å². The number of hydrogen-bond acceptors (Lipinski definition) is 12. The molecule has 1 fully saturated rings. The summed E-state index contributed by atoms with van der Waals surface area (Å²) in [5.74, 6) is -2.05. The zero-order valence-electron chi connectivity index (χ0n) is 19.9. The predicted molar refractivity (Wildman–Crippen MR) is 114 cm³/mol. The summed E-state index contributed by atoms with van der Waals surface area (Å²) in [6.07, 6.45) is -4.46. The van der Waals surface area contributed by atoms with E-state index in [1.54, 1.807) is 34.6 Å². The number of rotatable bonds is 10. The van der Waals surface area contributed by atoms with Crippen molar-refractivity contribution in [3.63, 3.8) is 0 Å². The van der Waals surface area contributed by atoms with Crippen molar-refractivity contribution < 1.29 is 53.7 Å². The van der Waals surface area contributed by atoms with Crippen LogP contribution in [0.1, 0.15) is 41.5 Å². The molecule has 1 rings (SSSR count). The third-order valence-electron chi connectivity index (χ3n) is 3.81. The Bertz CT molecular complexity index is 907. The summed E-state index contributed by atoms with van der Waals surface area (Å²) in [5.41, 5.74) is -0.756. The lowest BCUT2D eigenvalue weighted by atomic mass is 10.0. The lowest BCUT2D eigenvalue weighted by Gasteiger charge is -2.31. The highest BCUT2D eigenvalue weighted by Crippen LogP contribution is 2.33. The van der Waals surface area contributed by atoms with Gasteiger partial charge in [0.2, 0.25) is 0 Å². The zero-order chi connectivity index (χ0) is 25.8. The SMILES string of the molecule is CC(=O)O[C@@H]([C@@H]1OC(C)(C)O[C@H]1CNC(=O)OC(C)(C)C)[C@@H](COS(C)(=O)=O)OS(C)(=O)=O. The van der Waals surface area contributed by atoms with Crippen LogP contribution in [0.4, 0.5) is 4.79 Å². The van der Waals surface area contributed by atoms with E-state index in [1.807, 2.05) is 0 Å². The Morgan fingerprint density at radius 1 is 1.06 bits per heavy atom. The van der Waals surface area contributed by atoms with Crippen LogP contribution >= 0.6 is 0 Å². The van der Waals surface area contributed by atoms with Crippen LogP contribution in [0.3, 0.4) is 0 Å². The average molecular weight is 520 g/mol. The lowest BCUT2D eigenvalue weighted by Crippen LogP contribution is -2.52. The summed E-state index contributed by atoms with van der Waals surface area (Å²) < 4.78 is 78.3. The predicted octanol–water partition coefficient (Wildman–Crippen LogP) is 0.284. The van der Waals surface area contributed by atoms with Gasteiger partial charge in [-0.3, -0.25) is 13.2 Å². The van der Waals surface area contributed by atoms with E-state index in [0.29, 0.717) is 0 Å². The lowest BCUT2D eigenvalue weighted by molar-refractivity contribution is -0.180. The fourth-order valence-electron chi connectivity index (χ4n) is 2.94. The highest BCUT2D eigenvalue weighted by atomic mass is 32.2. The van der Waals surface area contributed by atoms with Crippen LogP contribution in [0.5, 0.6) is 0 Å². The number of ether oxygens (including phenoxy) is 4. The molecule has 1 saturated heterocycles. The molecule has 0 saturated carbocycles. The Morgan fingerprint density at radius 2 is 1.64 bits per heavy atom. The van der Waals surface area contributed by atoms with Crippen molar-refractivity contribution in [2.24, 2.45) is 0 Å². The first-order valence-corrected chi connectivity index (χ1v) is 13.5. The van der Waals surface area contributed by atoms with Crippen molar-refractivity contribution in [2.75, 3.05) is 25.7 Å². The van der Waals surface area contributed by atoms with E-state index in [-0.39, 0.29) is 6.54 Å². The van der Waals surface area contributed by atoms with E-state index in [4.69, 9.17) is 27.3 Å². The van der Waals surface area contributed by atoms with Crippen molar-refractivity contribution >= 4 is 32.3 Å². The van der Waals surface area contributed by atoms with Crippen LogP contribution in [-0.4, -0.2) is 90.4 Å². The highest BCUT2D eigenvalue weighted by Gasteiger charge is 2.50. The summed E-state index contributed by atoms with van der Waals surface area (Å²) in [4.78, 5) is 23.9. The molecule has 15 heteroatoms. The quantitative estimate of drug-likeness (QED) is 0.309. The van der Waals surface area contributed by atoms with Gasteiger partial charge in [0.1, 0.15) is 23.9 Å². The summed E-state index contributed by atoms with van der Waals surface area (Å²) >= 11 is 0. The number of nitrogens with one attached hydrogen (secondary N) is 1. The Balaban J connectivity index is 3.23. The van der Waals surface area contributed by atoms with Crippen LogP contribution < -0.4 is 5.32 Å². The molecule has 0 aromatic rings. The second-order valence-electron chi connectivity index (χ2n) is 8.92. The van der Waals surface area contributed by atoms with Gasteiger partial charge in [-0.05, 0) is 34.6 Å². The molecule has 0 aliphatic carbocycles. The maximum atomic E-state index is 12.1. The number of hydrogen-bond donors (Lipinski definition) is 1. The second-order valence-corrected chi connectivity index (χ2v) is 12.2. The van der Waals surface area contributed by atoms with Gasteiger partial charge in [0.05, 0.1) is 19.1 Å². The van der Waals surface area contributed by atoms with E-state index in [0.717, 1.165) is 19.4 Å². The number of carbonyl (C=O) groups excluding carboxylic acids is 2. The molecule has 0 bridgehead atoms. The van der Waals surface area contributed by atoms with Crippen LogP contribution in [-0.2, 0) is 52.3 Å². The normalized spacial score (nSPS) is 22.9. The Kier molecular flexibility index (Phi) is 9.68. The van der Waals surface area contributed by atoms with Gasteiger partial charge in [0, 0.05) is 13.5 Å². The van der Waals surface area contributed by atoms with Crippen LogP contribution in [0, 0.1) is 0 Å². The number of amides is 1. The molecule has 33 heavy (non-hydrogen) atoms. The fraction of sp³-hybridized carbons (Fsp3) is 0.889. The maximum absolute atomic E-state index is 12.1. The van der Waals surface area contributed by atoms with Gasteiger partial charge < -0.3 is 24.3 Å². The molecule has 0 spiro atoms. The second kappa shape index (κ2) is 10.8. The number of alkyl carbamates (subject to hydrolysis) is 1. The minimum Gasteiger partial charge on any atom is -0.457 e. The van der Waals surface area contributed by atoms with Gasteiger partial charge in [-0.2, -0.15) is 16.8 Å². The van der Waals surface area contributed by atoms with Gasteiger partial charge in [0.25, 0.3) is 20.2 Å². The molecule has 194 valence electrons. The highest BCUT2D eigenvalue weighted by molar-refractivity contribution is 7.86. The standard InChI is InChI=1S/C18H33NO12S2/c1-11(20)27-14(13(31-33(8,24)25)10-26-32(7,22)23)15-12(28-18(5,6)29-15)9-19-16(21)30-17(2,3)4/h12-15H,9-10H2,1-8H3,(H,19,21)/t12-,13+,14+,15+/m0/s1. The van der Waals surface area contributed by atoms with Crippen molar-refractivity contribution in [1.82, 2.24) is 5.32 Å². The molecule has 0 aromatic heterocycles. The molecular formula is C18H33NO12S2. The molecule has 1 aliphatic rings. The smallest absolute Gasteiger partial charge is 0.407 e. The molecular weight excluding hydrogens is 486 g/mol. The first-order chi connectivity index (χ1) is 14.7. The first-order valence-electron chi connectivity index (χ1n) is 9.90. The fourth-order valence-corrected chi connectivity index (χ4v) is 3.93. The van der Waals surface area contributed by atoms with Gasteiger partial charge in [-0.25, -0.2) is 4.79 Å². The molecule has 1 aliphatic heterocycles. The Labute approximate surface area is 194 Å². The summed E-state index contributed by atoms with van der Waals surface area (Å²) in [5, 5.41) is 2.51. The minimum absolute atomic E-state index is 0.167. The third kappa shape index (κ3) is 12.0. The largest absolute Gasteiger partial charge is 0.457 e. The van der Waals surface area contributed by atoms with Crippen LogP contribution in [0.2, 0.25) is 0 Å². The molecule has 1 heterocycles. The van der Waals surface area contributed by atoms with Crippen molar-refractivity contribution in [1.29, 1.82) is 0 Å². The van der Waals surface area contributed by atoms with Crippen LogP contribution in [0.25, 0.3) is 0 Å². The van der Waals surface area contributed by atoms with E-state index in [9.17, 15) is 26.4 Å². The Hall–Kier alpha value is -1.52. The summed E-state index contributed by atoms with van der Waals surface area (Å²) in [7, 11) is -8.14. The monoisotopic (exact) mass is 519 g/mol. The minimum atomic E-state index is -4.15.